The first-order chi connectivity index (χ1) is 14.7. The highest BCUT2D eigenvalue weighted by atomic mass is 32.1. The molecule has 6 nitrogen and oxygen atoms in total. The molecule has 7 heteroatoms. The van der Waals surface area contributed by atoms with E-state index in [1.165, 1.54) is 0 Å². The molecule has 2 heterocycles. The van der Waals surface area contributed by atoms with Crippen LogP contribution in [0.3, 0.4) is 0 Å². The fourth-order valence-corrected chi connectivity index (χ4v) is 4.50. The maximum atomic E-state index is 12.0. The van der Waals surface area contributed by atoms with E-state index in [1.807, 2.05) is 54.6 Å². The molecular weight excluding hydrogens is 396 g/mol. The van der Waals surface area contributed by atoms with Crippen molar-refractivity contribution in [1.29, 1.82) is 0 Å². The molecule has 156 valence electrons. The summed E-state index contributed by atoms with van der Waals surface area (Å²) in [7, 11) is 1.68. The predicted molar refractivity (Wildman–Crippen MR) is 123 cm³/mol. The van der Waals surface area contributed by atoms with Gasteiger partial charge in [0.25, 0.3) is 0 Å². The minimum Gasteiger partial charge on any atom is -0.497 e. The van der Waals surface area contributed by atoms with Crippen LogP contribution in [0.2, 0.25) is 0 Å². The summed E-state index contributed by atoms with van der Waals surface area (Å²) in [5, 5.41) is 4.04. The molecule has 1 N–H and O–H groups in total. The zero-order chi connectivity index (χ0) is 20.8. The van der Waals surface area contributed by atoms with E-state index in [0.717, 1.165) is 59.4 Å². The lowest BCUT2D eigenvalue weighted by Crippen LogP contribution is -2.48. The van der Waals surface area contributed by atoms with Crippen LogP contribution >= 0.6 is 11.3 Å². The van der Waals surface area contributed by atoms with Gasteiger partial charge in [-0.3, -0.25) is 9.69 Å². The molecule has 2 aromatic carbocycles. The van der Waals surface area contributed by atoms with Crippen LogP contribution in [-0.4, -0.2) is 62.2 Å². The van der Waals surface area contributed by atoms with Gasteiger partial charge in [-0.15, -0.1) is 0 Å². The lowest BCUT2D eigenvalue weighted by Gasteiger charge is -2.34. The smallest absolute Gasteiger partial charge is 0.244 e. The normalized spacial score (nSPS) is 15.0. The molecule has 0 unspecified atom stereocenters. The van der Waals surface area contributed by atoms with Crippen LogP contribution in [0.5, 0.6) is 5.75 Å². The van der Waals surface area contributed by atoms with Crippen molar-refractivity contribution in [3.05, 3.63) is 60.2 Å². The maximum Gasteiger partial charge on any atom is 0.244 e. The van der Waals surface area contributed by atoms with E-state index < -0.39 is 0 Å². The van der Waals surface area contributed by atoms with Crippen LogP contribution in [0.15, 0.2) is 54.6 Å². The van der Waals surface area contributed by atoms with E-state index in [-0.39, 0.29) is 5.91 Å². The van der Waals surface area contributed by atoms with E-state index in [1.54, 1.807) is 24.5 Å². The monoisotopic (exact) mass is 422 g/mol. The lowest BCUT2D eigenvalue weighted by atomic mass is 10.2. The Kier molecular flexibility index (Phi) is 6.61. The van der Waals surface area contributed by atoms with Gasteiger partial charge in [0.05, 0.1) is 17.3 Å². The van der Waals surface area contributed by atoms with Crippen LogP contribution < -0.4 is 15.0 Å². The standard InChI is InChI=1S/C23H26N4O2S/c1-29-19-8-9-20-21(17-19)30-23(25-20)27-15-13-26(14-16-27)12-11-24-22(28)10-7-18-5-3-2-4-6-18/h2-10,17H,11-16H2,1H3,(H,24,28)/b10-7+. The Morgan fingerprint density at radius 1 is 1.17 bits per heavy atom. The number of nitrogens with zero attached hydrogens (tertiary/aromatic N) is 3. The SMILES string of the molecule is COc1ccc2nc(N3CCN(CCNC(=O)/C=C/c4ccccc4)CC3)sc2c1. The zero-order valence-electron chi connectivity index (χ0n) is 17.1. The van der Waals surface area contributed by atoms with Crippen molar-refractivity contribution in [2.24, 2.45) is 0 Å². The minimum absolute atomic E-state index is 0.0533. The zero-order valence-corrected chi connectivity index (χ0v) is 17.9. The highest BCUT2D eigenvalue weighted by Crippen LogP contribution is 2.31. The van der Waals surface area contributed by atoms with Crippen LogP contribution in [-0.2, 0) is 4.79 Å². The number of hydrogen-bond donors (Lipinski definition) is 1. The molecule has 0 spiro atoms. The average Bonchev–Trinajstić information content (AvgIpc) is 3.22. The molecule has 4 rings (SSSR count). The summed E-state index contributed by atoms with van der Waals surface area (Å²) in [4.78, 5) is 21.5. The number of piperazine rings is 1. The molecule has 1 aliphatic rings. The molecule has 30 heavy (non-hydrogen) atoms. The fraction of sp³-hybridized carbons (Fsp3) is 0.304. The van der Waals surface area contributed by atoms with Gasteiger partial charge in [-0.1, -0.05) is 41.7 Å². The minimum atomic E-state index is -0.0533. The van der Waals surface area contributed by atoms with Crippen LogP contribution in [0, 0.1) is 0 Å². The van der Waals surface area contributed by atoms with Gasteiger partial charge >= 0.3 is 0 Å². The Morgan fingerprint density at radius 2 is 1.97 bits per heavy atom. The molecule has 0 radical (unpaired) electrons. The third kappa shape index (κ3) is 5.17. The largest absolute Gasteiger partial charge is 0.497 e. The van der Waals surface area contributed by atoms with Gasteiger partial charge in [0.1, 0.15) is 5.75 Å². The number of benzene rings is 2. The summed E-state index contributed by atoms with van der Waals surface area (Å²) in [6, 6.07) is 15.8. The van der Waals surface area contributed by atoms with Crippen molar-refractivity contribution < 1.29 is 9.53 Å². The summed E-state index contributed by atoms with van der Waals surface area (Å²) >= 11 is 1.71. The number of ether oxygens (including phenoxy) is 1. The Hall–Kier alpha value is -2.90. The van der Waals surface area contributed by atoms with Crippen molar-refractivity contribution in [3.8, 4) is 5.75 Å². The number of rotatable bonds is 7. The Balaban J connectivity index is 1.21. The van der Waals surface area contributed by atoms with Crippen molar-refractivity contribution >= 4 is 38.7 Å². The van der Waals surface area contributed by atoms with Crippen LogP contribution in [0.4, 0.5) is 5.13 Å². The van der Waals surface area contributed by atoms with Crippen LogP contribution in [0.1, 0.15) is 5.56 Å². The average molecular weight is 423 g/mol. The molecule has 0 atom stereocenters. The first kappa shape index (κ1) is 20.4. The molecule has 0 aliphatic carbocycles. The molecule has 0 saturated carbocycles. The Bertz CT molecular complexity index is 1010. The first-order valence-electron chi connectivity index (χ1n) is 10.1. The van der Waals surface area contributed by atoms with Gasteiger partial charge in [0.15, 0.2) is 5.13 Å². The quantitative estimate of drug-likeness (QED) is 0.593. The number of anilines is 1. The lowest BCUT2D eigenvalue weighted by molar-refractivity contribution is -0.116. The predicted octanol–water partition coefficient (Wildman–Crippen LogP) is 3.26. The molecule has 0 bridgehead atoms. The Morgan fingerprint density at radius 3 is 2.73 bits per heavy atom. The topological polar surface area (TPSA) is 57.7 Å². The number of thiazole rings is 1. The second kappa shape index (κ2) is 9.73. The Labute approximate surface area is 180 Å². The number of aromatic nitrogens is 1. The van der Waals surface area contributed by atoms with Crippen molar-refractivity contribution in [2.45, 2.75) is 0 Å². The number of hydrogen-bond acceptors (Lipinski definition) is 6. The molecular formula is C23H26N4O2S. The summed E-state index contributed by atoms with van der Waals surface area (Å²) in [6.45, 7) is 5.33. The number of fused-ring (bicyclic) bond motifs is 1. The second-order valence-electron chi connectivity index (χ2n) is 7.19. The maximum absolute atomic E-state index is 12.0. The summed E-state index contributed by atoms with van der Waals surface area (Å²) < 4.78 is 6.46. The van der Waals surface area contributed by atoms with E-state index in [9.17, 15) is 4.79 Å². The highest BCUT2D eigenvalue weighted by molar-refractivity contribution is 7.22. The molecule has 1 amide bonds. The molecule has 1 aromatic heterocycles. The van der Waals surface area contributed by atoms with Gasteiger partial charge in [-0.2, -0.15) is 0 Å². The van der Waals surface area contributed by atoms with E-state index in [4.69, 9.17) is 9.72 Å². The van der Waals surface area contributed by atoms with Gasteiger partial charge < -0.3 is 15.0 Å². The molecule has 3 aromatic rings. The molecule has 1 saturated heterocycles. The summed E-state index contributed by atoms with van der Waals surface area (Å²) in [5.41, 5.74) is 2.04. The molecule has 1 aliphatic heterocycles. The van der Waals surface area contributed by atoms with Crippen molar-refractivity contribution in [1.82, 2.24) is 15.2 Å². The number of carbonyl (C=O) groups excluding carboxylic acids is 1. The second-order valence-corrected chi connectivity index (χ2v) is 8.20. The van der Waals surface area contributed by atoms with Crippen molar-refractivity contribution in [2.75, 3.05) is 51.3 Å². The van der Waals surface area contributed by atoms with Gasteiger partial charge in [-0.05, 0) is 29.8 Å². The number of amides is 1. The third-order valence-electron chi connectivity index (χ3n) is 5.18. The molecule has 1 fully saturated rings. The number of carbonyl (C=O) groups is 1. The first-order valence-corrected chi connectivity index (χ1v) is 11.0. The van der Waals surface area contributed by atoms with E-state index in [0.29, 0.717) is 6.54 Å². The van der Waals surface area contributed by atoms with Gasteiger partial charge in [0.2, 0.25) is 5.91 Å². The van der Waals surface area contributed by atoms with E-state index >= 15 is 0 Å². The van der Waals surface area contributed by atoms with E-state index in [2.05, 4.69) is 15.1 Å². The fourth-order valence-electron chi connectivity index (χ4n) is 3.45. The van der Waals surface area contributed by atoms with Crippen molar-refractivity contribution in [3.63, 3.8) is 0 Å². The highest BCUT2D eigenvalue weighted by Gasteiger charge is 2.19. The van der Waals surface area contributed by atoms with Gasteiger partial charge in [0, 0.05) is 45.3 Å². The third-order valence-corrected chi connectivity index (χ3v) is 6.26. The number of nitrogens with one attached hydrogen (secondary N) is 1. The van der Waals surface area contributed by atoms with Crippen LogP contribution in [0.25, 0.3) is 16.3 Å². The summed E-state index contributed by atoms with van der Waals surface area (Å²) in [6.07, 6.45) is 3.43. The number of methoxy groups -OCH3 is 1. The summed E-state index contributed by atoms with van der Waals surface area (Å²) in [5.74, 6) is 0.811. The van der Waals surface area contributed by atoms with Gasteiger partial charge in [-0.25, -0.2) is 4.98 Å².